The molecular formula is C28H51N5O6. The van der Waals surface area contributed by atoms with Crippen LogP contribution in [0.5, 0.6) is 0 Å². The SMILES string of the molecule is CC(C)C[C@H](NC(=O)OC(C)(C)C)C(=O)N[C@H](CC(C)C)C(=O)N[C@@H](CC(C)C)C(=O)N1CCC[C@@H]1C(N)=O. The molecule has 1 aliphatic heterocycles. The molecule has 0 unspecified atom stereocenters. The normalized spacial score (nSPS) is 18.1. The zero-order chi connectivity index (χ0) is 30.1. The van der Waals surface area contributed by atoms with Crippen LogP contribution in [-0.2, 0) is 23.9 Å². The molecule has 11 nitrogen and oxygen atoms in total. The predicted octanol–water partition coefficient (Wildman–Crippen LogP) is 2.46. The van der Waals surface area contributed by atoms with E-state index in [2.05, 4.69) is 16.0 Å². The summed E-state index contributed by atoms with van der Waals surface area (Å²) in [6, 6.07) is -3.39. The fourth-order valence-electron chi connectivity index (χ4n) is 4.62. The average Bonchev–Trinajstić information content (AvgIpc) is 3.25. The second kappa shape index (κ2) is 15.1. The number of ether oxygens (including phenoxy) is 1. The number of nitrogens with zero attached hydrogens (tertiary/aromatic N) is 1. The molecule has 11 heteroatoms. The maximum Gasteiger partial charge on any atom is 0.408 e. The van der Waals surface area contributed by atoms with Crippen LogP contribution in [0, 0.1) is 17.8 Å². The molecule has 4 atom stereocenters. The van der Waals surface area contributed by atoms with E-state index in [0.29, 0.717) is 38.6 Å². The summed E-state index contributed by atoms with van der Waals surface area (Å²) in [4.78, 5) is 66.0. The number of hydrogen-bond acceptors (Lipinski definition) is 6. The van der Waals surface area contributed by atoms with Gasteiger partial charge in [-0.1, -0.05) is 41.5 Å². The molecule has 1 rings (SSSR count). The third kappa shape index (κ3) is 12.3. The molecule has 1 aliphatic rings. The molecule has 0 spiro atoms. The molecule has 1 fully saturated rings. The molecule has 0 bridgehead atoms. The van der Waals surface area contributed by atoms with E-state index in [0.717, 1.165) is 0 Å². The van der Waals surface area contributed by atoms with E-state index in [1.807, 2.05) is 41.5 Å². The van der Waals surface area contributed by atoms with Crippen molar-refractivity contribution in [3.05, 3.63) is 0 Å². The number of amides is 5. The minimum atomic E-state index is -0.930. The molecule has 0 aromatic rings. The van der Waals surface area contributed by atoms with Crippen LogP contribution >= 0.6 is 0 Å². The molecule has 5 N–H and O–H groups in total. The lowest BCUT2D eigenvalue weighted by atomic mass is 9.98. The first-order chi connectivity index (χ1) is 17.9. The van der Waals surface area contributed by atoms with Crippen LogP contribution in [0.2, 0.25) is 0 Å². The van der Waals surface area contributed by atoms with Crippen LogP contribution in [-0.4, -0.2) is 70.9 Å². The second-order valence-corrected chi connectivity index (χ2v) is 12.8. The number of primary amides is 1. The van der Waals surface area contributed by atoms with E-state index in [-0.39, 0.29) is 23.7 Å². The number of nitrogens with one attached hydrogen (secondary N) is 3. The Hall–Kier alpha value is -2.85. The van der Waals surface area contributed by atoms with E-state index in [9.17, 15) is 24.0 Å². The minimum absolute atomic E-state index is 0.0560. The average molecular weight is 554 g/mol. The van der Waals surface area contributed by atoms with Crippen molar-refractivity contribution in [3.8, 4) is 0 Å². The summed E-state index contributed by atoms with van der Waals surface area (Å²) in [6.45, 7) is 17.2. The number of alkyl carbamates (subject to hydrolysis) is 1. The van der Waals surface area contributed by atoms with Gasteiger partial charge in [-0.05, 0) is 70.6 Å². The Kier molecular flexibility index (Phi) is 13.2. The minimum Gasteiger partial charge on any atom is -0.444 e. The summed E-state index contributed by atoms with van der Waals surface area (Å²) in [7, 11) is 0. The summed E-state index contributed by atoms with van der Waals surface area (Å²) in [5.41, 5.74) is 4.78. The molecule has 39 heavy (non-hydrogen) atoms. The lowest BCUT2D eigenvalue weighted by Gasteiger charge is -2.31. The molecule has 0 aromatic heterocycles. The number of carbonyl (C=O) groups is 5. The Bertz CT molecular complexity index is 867. The monoisotopic (exact) mass is 553 g/mol. The van der Waals surface area contributed by atoms with Crippen molar-refractivity contribution >= 4 is 29.7 Å². The van der Waals surface area contributed by atoms with Gasteiger partial charge < -0.3 is 31.3 Å². The van der Waals surface area contributed by atoms with Gasteiger partial charge >= 0.3 is 6.09 Å². The van der Waals surface area contributed by atoms with Gasteiger partial charge in [-0.25, -0.2) is 4.79 Å². The van der Waals surface area contributed by atoms with Gasteiger partial charge in [-0.3, -0.25) is 19.2 Å². The quantitative estimate of drug-likeness (QED) is 0.274. The molecule has 1 heterocycles. The number of carbonyl (C=O) groups excluding carboxylic acids is 5. The first-order valence-electron chi connectivity index (χ1n) is 14.1. The third-order valence-corrected chi connectivity index (χ3v) is 6.24. The van der Waals surface area contributed by atoms with Crippen molar-refractivity contribution < 1.29 is 28.7 Å². The van der Waals surface area contributed by atoms with Crippen LogP contribution in [0.3, 0.4) is 0 Å². The van der Waals surface area contributed by atoms with Gasteiger partial charge in [0.15, 0.2) is 0 Å². The zero-order valence-electron chi connectivity index (χ0n) is 25.3. The van der Waals surface area contributed by atoms with E-state index < -0.39 is 53.6 Å². The van der Waals surface area contributed by atoms with Crippen molar-refractivity contribution in [2.24, 2.45) is 23.5 Å². The largest absolute Gasteiger partial charge is 0.444 e. The predicted molar refractivity (Wildman–Crippen MR) is 149 cm³/mol. The number of hydrogen-bond donors (Lipinski definition) is 4. The topological polar surface area (TPSA) is 160 Å². The Morgan fingerprint density at radius 1 is 0.795 bits per heavy atom. The summed E-state index contributed by atoms with van der Waals surface area (Å²) >= 11 is 0. The van der Waals surface area contributed by atoms with Crippen molar-refractivity contribution in [2.45, 2.75) is 124 Å². The molecule has 0 aromatic carbocycles. The summed E-state index contributed by atoms with van der Waals surface area (Å²) < 4.78 is 5.32. The fraction of sp³-hybridized carbons (Fsp3) is 0.821. The highest BCUT2D eigenvalue weighted by Gasteiger charge is 2.38. The highest BCUT2D eigenvalue weighted by Crippen LogP contribution is 2.20. The maximum absolute atomic E-state index is 13.5. The van der Waals surface area contributed by atoms with Crippen LogP contribution in [0.25, 0.3) is 0 Å². The number of likely N-dealkylation sites (tertiary alicyclic amines) is 1. The number of nitrogens with two attached hydrogens (primary N) is 1. The van der Waals surface area contributed by atoms with Crippen LogP contribution in [0.15, 0.2) is 0 Å². The summed E-state index contributed by atoms with van der Waals surface area (Å²) in [6.07, 6.45) is 1.48. The lowest BCUT2D eigenvalue weighted by Crippen LogP contribution is -2.58. The van der Waals surface area contributed by atoms with Gasteiger partial charge in [-0.2, -0.15) is 0 Å². The number of rotatable bonds is 13. The molecule has 1 saturated heterocycles. The highest BCUT2D eigenvalue weighted by molar-refractivity contribution is 5.95. The molecule has 5 amide bonds. The van der Waals surface area contributed by atoms with Gasteiger partial charge in [0.05, 0.1) is 0 Å². The van der Waals surface area contributed by atoms with Crippen molar-refractivity contribution in [3.63, 3.8) is 0 Å². The summed E-state index contributed by atoms with van der Waals surface area (Å²) in [5.74, 6) is -1.69. The first kappa shape index (κ1) is 34.2. The van der Waals surface area contributed by atoms with Gasteiger partial charge in [0.25, 0.3) is 0 Å². The second-order valence-electron chi connectivity index (χ2n) is 12.8. The van der Waals surface area contributed by atoms with E-state index in [4.69, 9.17) is 10.5 Å². The lowest BCUT2D eigenvalue weighted by molar-refractivity contribution is -0.141. The Balaban J connectivity index is 3.11. The molecular weight excluding hydrogens is 502 g/mol. The van der Waals surface area contributed by atoms with Crippen molar-refractivity contribution in [1.82, 2.24) is 20.9 Å². The first-order valence-corrected chi connectivity index (χ1v) is 14.1. The molecule has 224 valence electrons. The molecule has 0 aliphatic carbocycles. The van der Waals surface area contributed by atoms with E-state index in [1.54, 1.807) is 20.8 Å². The van der Waals surface area contributed by atoms with Gasteiger partial charge in [0.2, 0.25) is 23.6 Å². The van der Waals surface area contributed by atoms with Crippen LogP contribution < -0.4 is 21.7 Å². The standard InChI is InChI=1S/C28H51N5O6/c1-16(2)13-19(30-25(36)20(14-17(3)4)32-27(38)39-28(7,8)9)24(35)31-21(15-18(5)6)26(37)33-12-10-11-22(33)23(29)34/h16-22H,10-15H2,1-9H3,(H2,29,34)(H,30,36)(H,31,35)(H,32,38)/t19-,20+,21+,22-/m1/s1. The van der Waals surface area contributed by atoms with Crippen LogP contribution in [0.4, 0.5) is 4.79 Å². The van der Waals surface area contributed by atoms with Crippen molar-refractivity contribution in [2.75, 3.05) is 6.54 Å². The Morgan fingerprint density at radius 2 is 1.23 bits per heavy atom. The van der Waals surface area contributed by atoms with Gasteiger partial charge in [-0.15, -0.1) is 0 Å². The molecule has 0 radical (unpaired) electrons. The smallest absolute Gasteiger partial charge is 0.408 e. The van der Waals surface area contributed by atoms with Gasteiger partial charge in [0, 0.05) is 6.54 Å². The van der Waals surface area contributed by atoms with Crippen molar-refractivity contribution in [1.29, 1.82) is 0 Å². The maximum atomic E-state index is 13.5. The van der Waals surface area contributed by atoms with Gasteiger partial charge in [0.1, 0.15) is 29.8 Å². The third-order valence-electron chi connectivity index (χ3n) is 6.24. The Morgan fingerprint density at radius 3 is 1.67 bits per heavy atom. The van der Waals surface area contributed by atoms with E-state index >= 15 is 0 Å². The van der Waals surface area contributed by atoms with Crippen LogP contribution in [0.1, 0.15) is 94.4 Å². The zero-order valence-corrected chi connectivity index (χ0v) is 25.3. The fourth-order valence-corrected chi connectivity index (χ4v) is 4.62. The summed E-state index contributed by atoms with van der Waals surface area (Å²) in [5, 5.41) is 8.26. The highest BCUT2D eigenvalue weighted by atomic mass is 16.6. The van der Waals surface area contributed by atoms with E-state index in [1.165, 1.54) is 4.90 Å². The Labute approximate surface area is 233 Å². The molecule has 0 saturated carbocycles.